The molecule has 6 nitrogen and oxygen atoms in total. The Balaban J connectivity index is 0.00000108. The van der Waals surface area contributed by atoms with Crippen molar-refractivity contribution in [1.29, 1.82) is 0 Å². The van der Waals surface area contributed by atoms with Gasteiger partial charge in [0.15, 0.2) is 0 Å². The van der Waals surface area contributed by atoms with Crippen LogP contribution in [-0.2, 0) is 28.1 Å². The first-order valence-electron chi connectivity index (χ1n) is 10.4. The first-order chi connectivity index (χ1) is 16.5. The number of oxime groups is 1. The SMILES string of the molecule is CNC.O=CCNC(=O)c1sc(C2=NOC(c3sc(Cl)c(Cl)c3Cl)(C(F)(F)F)C2)c2c1CCCC2. The molecule has 1 amide bonds. The highest BCUT2D eigenvalue weighted by Gasteiger charge is 2.64. The predicted molar refractivity (Wildman–Crippen MR) is 134 cm³/mol. The fourth-order valence-electron chi connectivity index (χ4n) is 3.85. The zero-order valence-corrected chi connectivity index (χ0v) is 22.5. The van der Waals surface area contributed by atoms with Crippen LogP contribution in [-0.4, -0.2) is 44.7 Å². The van der Waals surface area contributed by atoms with Crippen molar-refractivity contribution in [3.05, 3.63) is 40.1 Å². The molecule has 1 unspecified atom stereocenters. The number of rotatable bonds is 5. The highest BCUT2D eigenvalue weighted by molar-refractivity contribution is 7.18. The Morgan fingerprint density at radius 3 is 2.31 bits per heavy atom. The van der Waals surface area contributed by atoms with Crippen molar-refractivity contribution in [2.45, 2.75) is 43.9 Å². The first kappa shape index (κ1) is 28.2. The number of fused-ring (bicyclic) bond motifs is 1. The summed E-state index contributed by atoms with van der Waals surface area (Å²) in [5, 5.41) is 8.56. The quantitative estimate of drug-likeness (QED) is 0.419. The van der Waals surface area contributed by atoms with Crippen LogP contribution in [0.1, 0.15) is 49.8 Å². The van der Waals surface area contributed by atoms with Crippen LogP contribution in [0.2, 0.25) is 14.4 Å². The van der Waals surface area contributed by atoms with Crippen LogP contribution in [0.15, 0.2) is 5.16 Å². The molecule has 1 aliphatic heterocycles. The molecule has 0 saturated carbocycles. The van der Waals surface area contributed by atoms with Gasteiger partial charge in [-0.25, -0.2) is 0 Å². The minimum atomic E-state index is -4.86. The van der Waals surface area contributed by atoms with Crippen LogP contribution >= 0.6 is 57.5 Å². The molecule has 35 heavy (non-hydrogen) atoms. The zero-order chi connectivity index (χ0) is 26.0. The Labute approximate surface area is 222 Å². The number of hydrogen-bond acceptors (Lipinski definition) is 7. The van der Waals surface area contributed by atoms with Gasteiger partial charge in [0.2, 0.25) is 0 Å². The van der Waals surface area contributed by atoms with Gasteiger partial charge in [-0.3, -0.25) is 4.79 Å². The molecule has 2 aromatic heterocycles. The Morgan fingerprint density at radius 2 is 1.77 bits per heavy atom. The van der Waals surface area contributed by atoms with E-state index in [-0.39, 0.29) is 31.5 Å². The molecule has 4 rings (SSSR count). The highest BCUT2D eigenvalue weighted by Crippen LogP contribution is 2.56. The predicted octanol–water partition coefficient (Wildman–Crippen LogP) is 6.00. The number of amides is 1. The number of alkyl halides is 3. The summed E-state index contributed by atoms with van der Waals surface area (Å²) in [6.07, 6.45) is -2.01. The van der Waals surface area contributed by atoms with Crippen LogP contribution in [0.25, 0.3) is 0 Å². The lowest BCUT2D eigenvalue weighted by Crippen LogP contribution is -2.42. The number of aldehydes is 1. The monoisotopic (exact) mass is 589 g/mol. The van der Waals surface area contributed by atoms with Gasteiger partial charge in [0, 0.05) is 0 Å². The lowest BCUT2D eigenvalue weighted by Gasteiger charge is -2.28. The number of carbonyl (C=O) groups excluding carboxylic acids is 2. The average Bonchev–Trinajstić information content (AvgIpc) is 3.49. The zero-order valence-electron chi connectivity index (χ0n) is 18.6. The minimum absolute atomic E-state index is 0.0741. The Kier molecular flexibility index (Phi) is 9.15. The number of halogens is 6. The average molecular weight is 591 g/mol. The molecule has 2 N–H and O–H groups in total. The highest BCUT2D eigenvalue weighted by atomic mass is 35.5. The van der Waals surface area contributed by atoms with Crippen LogP contribution in [0.5, 0.6) is 0 Å². The van der Waals surface area contributed by atoms with Gasteiger partial charge in [0.25, 0.3) is 11.5 Å². The van der Waals surface area contributed by atoms with Gasteiger partial charge < -0.3 is 20.3 Å². The standard InChI is InChI=1S/C19H14Cl3F3N2O3S2.C2H7N/c20-11-12(21)16(22)32-15(11)18(19(23,24)25)7-10(27-30-18)13-8-3-1-2-4-9(8)14(31-13)17(29)26-5-6-28;1-3-2/h6H,1-5,7H2,(H,26,29);3H,1-2H3. The molecule has 2 aliphatic rings. The smallest absolute Gasteiger partial charge is 0.373 e. The lowest BCUT2D eigenvalue weighted by molar-refractivity contribution is -0.274. The van der Waals surface area contributed by atoms with Crippen LogP contribution in [0.3, 0.4) is 0 Å². The molecule has 0 fully saturated rings. The molecule has 2 aromatic rings. The van der Waals surface area contributed by atoms with Gasteiger partial charge in [0.1, 0.15) is 16.3 Å². The maximum atomic E-state index is 14.3. The number of nitrogens with zero attached hydrogens (tertiary/aromatic N) is 1. The van der Waals surface area contributed by atoms with Crippen molar-refractivity contribution in [2.24, 2.45) is 5.16 Å². The van der Waals surface area contributed by atoms with Crippen molar-refractivity contribution < 1.29 is 27.6 Å². The van der Waals surface area contributed by atoms with Crippen molar-refractivity contribution in [3.8, 4) is 0 Å². The maximum absolute atomic E-state index is 14.3. The van der Waals surface area contributed by atoms with E-state index in [1.165, 1.54) is 0 Å². The molecule has 3 heterocycles. The van der Waals surface area contributed by atoms with Crippen molar-refractivity contribution in [2.75, 3.05) is 20.6 Å². The first-order valence-corrected chi connectivity index (χ1v) is 13.2. The van der Waals surface area contributed by atoms with E-state index in [4.69, 9.17) is 39.6 Å². The second kappa shape index (κ2) is 11.4. The van der Waals surface area contributed by atoms with E-state index < -0.39 is 24.1 Å². The van der Waals surface area contributed by atoms with Gasteiger partial charge in [-0.2, -0.15) is 13.2 Å². The summed E-state index contributed by atoms with van der Waals surface area (Å²) in [6, 6.07) is 0. The third-order valence-corrected chi connectivity index (χ3v) is 9.38. The van der Waals surface area contributed by atoms with Crippen LogP contribution in [0, 0.1) is 0 Å². The van der Waals surface area contributed by atoms with Gasteiger partial charge in [-0.15, -0.1) is 22.7 Å². The molecule has 1 aliphatic carbocycles. The van der Waals surface area contributed by atoms with Crippen LogP contribution < -0.4 is 10.6 Å². The molecule has 0 bridgehead atoms. The Morgan fingerprint density at radius 1 is 1.14 bits per heavy atom. The summed E-state index contributed by atoms with van der Waals surface area (Å²) in [4.78, 5) is 28.7. The number of nitrogens with one attached hydrogen (secondary N) is 2. The molecule has 0 saturated heterocycles. The van der Waals surface area contributed by atoms with E-state index in [1.807, 2.05) is 14.1 Å². The van der Waals surface area contributed by atoms with Gasteiger partial charge in [-0.1, -0.05) is 40.0 Å². The van der Waals surface area contributed by atoms with Crippen LogP contribution in [0.4, 0.5) is 13.2 Å². The maximum Gasteiger partial charge on any atom is 0.436 e. The second-order valence-electron chi connectivity index (χ2n) is 7.76. The number of carbonyl (C=O) groups is 2. The topological polar surface area (TPSA) is 79.8 Å². The molecule has 14 heteroatoms. The Bertz CT molecular complexity index is 1150. The second-order valence-corrected chi connectivity index (χ2v) is 11.2. The lowest BCUT2D eigenvalue weighted by atomic mass is 9.88. The summed E-state index contributed by atoms with van der Waals surface area (Å²) >= 11 is 19.6. The molecular formula is C21H21Cl3F3N3O3S2. The van der Waals surface area contributed by atoms with Crippen molar-refractivity contribution >= 4 is 75.4 Å². The molecule has 1 atom stereocenters. The fraction of sp³-hybridized carbons (Fsp3) is 0.476. The number of hydrogen-bond donors (Lipinski definition) is 2. The third-order valence-electron chi connectivity index (χ3n) is 5.34. The summed E-state index contributed by atoms with van der Waals surface area (Å²) in [5.41, 5.74) is -1.17. The van der Waals surface area contributed by atoms with Gasteiger partial charge in [0.05, 0.1) is 37.6 Å². The van der Waals surface area contributed by atoms with E-state index in [0.29, 0.717) is 40.2 Å². The fourth-order valence-corrected chi connectivity index (χ4v) is 7.15. The molecule has 192 valence electrons. The third kappa shape index (κ3) is 5.35. The van der Waals surface area contributed by atoms with E-state index in [9.17, 15) is 22.8 Å². The Hall–Kier alpha value is -1.37. The summed E-state index contributed by atoms with van der Waals surface area (Å²) in [6.45, 7) is -0.152. The molecule has 0 spiro atoms. The summed E-state index contributed by atoms with van der Waals surface area (Å²) in [7, 11) is 3.75. The van der Waals surface area contributed by atoms with Gasteiger partial charge >= 0.3 is 6.18 Å². The number of thiophene rings is 2. The molecular weight excluding hydrogens is 570 g/mol. The van der Waals surface area contributed by atoms with E-state index in [0.717, 1.165) is 35.3 Å². The van der Waals surface area contributed by atoms with Crippen molar-refractivity contribution in [1.82, 2.24) is 10.6 Å². The molecule has 0 aromatic carbocycles. The summed E-state index contributed by atoms with van der Waals surface area (Å²) in [5.74, 6) is -0.437. The largest absolute Gasteiger partial charge is 0.436 e. The molecule has 0 radical (unpaired) electrons. The van der Waals surface area contributed by atoms with Gasteiger partial charge in [-0.05, 0) is 50.9 Å². The van der Waals surface area contributed by atoms with Crippen molar-refractivity contribution in [3.63, 3.8) is 0 Å². The normalized spacial score (nSPS) is 19.3. The van der Waals surface area contributed by atoms with E-state index in [2.05, 4.69) is 15.8 Å². The minimum Gasteiger partial charge on any atom is -0.373 e. The summed E-state index contributed by atoms with van der Waals surface area (Å²) < 4.78 is 42.8. The van der Waals surface area contributed by atoms with E-state index >= 15 is 0 Å². The van der Waals surface area contributed by atoms with E-state index in [1.54, 1.807) is 0 Å².